The maximum absolute atomic E-state index is 6.02. The quantitative estimate of drug-likeness (QED) is 0.155. The standard InChI is InChI=1S/C27H40N2OS/c1-8-22-12-13-23-19-25(15-16-26(22)23)30-18-10-17-28-27(31-20(3)4)21(5)11-14-24(9-2)29(6)7/h11,14-16,19,22H,3,8-10,12-13,17-18H2,1-2,4-7H3. The van der Waals surface area contributed by atoms with Crippen molar-refractivity contribution in [1.29, 1.82) is 0 Å². The Morgan fingerprint density at radius 3 is 2.68 bits per heavy atom. The Kier molecular flexibility index (Phi) is 10.5. The number of nitrogens with zero attached hydrogens (tertiary/aromatic N) is 2. The molecule has 1 atom stereocenters. The third-order valence-electron chi connectivity index (χ3n) is 5.71. The molecule has 0 bridgehead atoms. The van der Waals surface area contributed by atoms with Gasteiger partial charge in [0.2, 0.25) is 0 Å². The van der Waals surface area contributed by atoms with Gasteiger partial charge in [-0.1, -0.05) is 44.3 Å². The fourth-order valence-corrected chi connectivity index (χ4v) is 4.62. The number of thioether (sulfide) groups is 1. The minimum atomic E-state index is 0.688. The molecule has 1 aliphatic rings. The number of aryl methyl sites for hydroxylation is 1. The Morgan fingerprint density at radius 1 is 1.26 bits per heavy atom. The smallest absolute Gasteiger partial charge is 0.119 e. The van der Waals surface area contributed by atoms with Gasteiger partial charge in [0.25, 0.3) is 0 Å². The van der Waals surface area contributed by atoms with Crippen molar-refractivity contribution in [3.63, 3.8) is 0 Å². The van der Waals surface area contributed by atoms with E-state index < -0.39 is 0 Å². The van der Waals surface area contributed by atoms with Crippen molar-refractivity contribution in [2.75, 3.05) is 27.2 Å². The summed E-state index contributed by atoms with van der Waals surface area (Å²) in [6, 6.07) is 6.64. The molecule has 1 aliphatic carbocycles. The molecule has 1 unspecified atom stereocenters. The van der Waals surface area contributed by atoms with E-state index in [2.05, 4.69) is 76.7 Å². The van der Waals surface area contributed by atoms with Gasteiger partial charge in [-0.2, -0.15) is 0 Å². The van der Waals surface area contributed by atoms with E-state index in [1.54, 1.807) is 11.8 Å². The van der Waals surface area contributed by atoms with E-state index in [4.69, 9.17) is 9.73 Å². The SMILES string of the molecule is C=C(C)SC(=NCCCOc1ccc2c(c1)CCC2CC)C(C)=CC=C(CC)N(C)C. The molecule has 170 valence electrons. The summed E-state index contributed by atoms with van der Waals surface area (Å²) in [4.78, 5) is 8.06. The molecule has 0 amide bonds. The van der Waals surface area contributed by atoms with E-state index in [1.165, 1.54) is 41.7 Å². The topological polar surface area (TPSA) is 24.8 Å². The predicted molar refractivity (Wildman–Crippen MR) is 138 cm³/mol. The lowest BCUT2D eigenvalue weighted by atomic mass is 9.99. The van der Waals surface area contributed by atoms with Crippen LogP contribution in [0.2, 0.25) is 0 Å². The molecule has 0 radical (unpaired) electrons. The normalized spacial score (nSPS) is 17.0. The maximum atomic E-state index is 6.02. The first-order chi connectivity index (χ1) is 14.8. The van der Waals surface area contributed by atoms with Crippen LogP contribution in [0, 0.1) is 0 Å². The Hall–Kier alpha value is -1.94. The van der Waals surface area contributed by atoms with Crippen LogP contribution < -0.4 is 4.74 Å². The molecular weight excluding hydrogens is 400 g/mol. The number of fused-ring (bicyclic) bond motifs is 1. The van der Waals surface area contributed by atoms with Crippen LogP contribution in [0.4, 0.5) is 0 Å². The van der Waals surface area contributed by atoms with Crippen molar-refractivity contribution < 1.29 is 4.74 Å². The van der Waals surface area contributed by atoms with Crippen LogP contribution in [0.5, 0.6) is 5.75 Å². The molecule has 3 nitrogen and oxygen atoms in total. The molecule has 0 saturated carbocycles. The van der Waals surface area contributed by atoms with Crippen molar-refractivity contribution >= 4 is 16.8 Å². The average molecular weight is 441 g/mol. The highest BCUT2D eigenvalue weighted by molar-refractivity contribution is 8.17. The second kappa shape index (κ2) is 12.8. The highest BCUT2D eigenvalue weighted by Crippen LogP contribution is 2.37. The first-order valence-electron chi connectivity index (χ1n) is 11.5. The maximum Gasteiger partial charge on any atom is 0.119 e. The van der Waals surface area contributed by atoms with Crippen LogP contribution in [-0.4, -0.2) is 37.2 Å². The minimum Gasteiger partial charge on any atom is -0.494 e. The molecule has 1 aromatic carbocycles. The van der Waals surface area contributed by atoms with Crippen LogP contribution in [0.25, 0.3) is 0 Å². The summed E-state index contributed by atoms with van der Waals surface area (Å²) >= 11 is 1.65. The number of aliphatic imine (C=N–C) groups is 1. The van der Waals surface area contributed by atoms with Crippen LogP contribution in [-0.2, 0) is 6.42 Å². The Labute approximate surface area is 194 Å². The zero-order chi connectivity index (χ0) is 22.8. The van der Waals surface area contributed by atoms with Crippen LogP contribution in [0.1, 0.15) is 70.4 Å². The molecule has 0 aromatic heterocycles. The van der Waals surface area contributed by atoms with E-state index in [0.29, 0.717) is 6.61 Å². The number of benzene rings is 1. The first kappa shape index (κ1) is 25.3. The van der Waals surface area contributed by atoms with Gasteiger partial charge in [0.15, 0.2) is 0 Å². The minimum absolute atomic E-state index is 0.688. The second-order valence-corrected chi connectivity index (χ2v) is 9.74. The molecule has 31 heavy (non-hydrogen) atoms. The lowest BCUT2D eigenvalue weighted by Crippen LogP contribution is -2.10. The van der Waals surface area contributed by atoms with Gasteiger partial charge in [0.05, 0.1) is 11.7 Å². The first-order valence-corrected chi connectivity index (χ1v) is 12.4. The van der Waals surface area contributed by atoms with Crippen molar-refractivity contribution in [2.45, 2.75) is 65.7 Å². The van der Waals surface area contributed by atoms with Gasteiger partial charge in [0.1, 0.15) is 5.75 Å². The number of allylic oxidation sites excluding steroid dienone is 4. The molecule has 0 saturated heterocycles. The molecule has 0 aliphatic heterocycles. The Balaban J connectivity index is 1.92. The van der Waals surface area contributed by atoms with Gasteiger partial charge >= 0.3 is 0 Å². The van der Waals surface area contributed by atoms with E-state index in [-0.39, 0.29) is 0 Å². The summed E-state index contributed by atoms with van der Waals surface area (Å²) in [5.74, 6) is 1.73. The summed E-state index contributed by atoms with van der Waals surface area (Å²) in [6.07, 6.45) is 9.95. The van der Waals surface area contributed by atoms with Crippen LogP contribution >= 0.6 is 11.8 Å². The summed E-state index contributed by atoms with van der Waals surface area (Å²) in [7, 11) is 4.17. The lowest BCUT2D eigenvalue weighted by Gasteiger charge is -2.15. The lowest BCUT2D eigenvalue weighted by molar-refractivity contribution is 0.313. The summed E-state index contributed by atoms with van der Waals surface area (Å²) in [5, 5.41) is 1.04. The molecule has 0 fully saturated rings. The van der Waals surface area contributed by atoms with E-state index in [0.717, 1.165) is 41.0 Å². The second-order valence-electron chi connectivity index (χ2n) is 8.45. The number of rotatable bonds is 11. The van der Waals surface area contributed by atoms with Gasteiger partial charge < -0.3 is 9.64 Å². The van der Waals surface area contributed by atoms with E-state index >= 15 is 0 Å². The summed E-state index contributed by atoms with van der Waals surface area (Å²) < 4.78 is 6.02. The third-order valence-corrected chi connectivity index (χ3v) is 6.70. The number of hydrogen-bond acceptors (Lipinski definition) is 4. The van der Waals surface area contributed by atoms with Gasteiger partial charge in [-0.25, -0.2) is 0 Å². The summed E-state index contributed by atoms with van der Waals surface area (Å²) in [5.41, 5.74) is 5.47. The molecule has 0 heterocycles. The van der Waals surface area contributed by atoms with Crippen molar-refractivity contribution in [1.82, 2.24) is 4.90 Å². The van der Waals surface area contributed by atoms with Crippen molar-refractivity contribution in [2.24, 2.45) is 4.99 Å². The van der Waals surface area contributed by atoms with Gasteiger partial charge in [-0.15, -0.1) is 0 Å². The van der Waals surface area contributed by atoms with Crippen molar-refractivity contribution in [3.8, 4) is 5.75 Å². The Morgan fingerprint density at radius 2 is 2.03 bits per heavy atom. The van der Waals surface area contributed by atoms with Crippen LogP contribution in [0.15, 0.2) is 58.1 Å². The molecular formula is C27H40N2OS. The molecule has 0 N–H and O–H groups in total. The highest BCUT2D eigenvalue weighted by Gasteiger charge is 2.20. The fraction of sp³-hybridized carbons (Fsp3) is 0.519. The van der Waals surface area contributed by atoms with E-state index in [1.807, 2.05) is 6.92 Å². The Bertz CT molecular complexity index is 836. The zero-order valence-corrected chi connectivity index (χ0v) is 21.1. The monoisotopic (exact) mass is 440 g/mol. The molecule has 2 rings (SSSR count). The number of ether oxygens (including phenoxy) is 1. The van der Waals surface area contributed by atoms with Gasteiger partial charge in [-0.3, -0.25) is 4.99 Å². The third kappa shape index (κ3) is 7.92. The average Bonchev–Trinajstić information content (AvgIpc) is 3.14. The largest absolute Gasteiger partial charge is 0.494 e. The highest BCUT2D eigenvalue weighted by atomic mass is 32.2. The summed E-state index contributed by atoms with van der Waals surface area (Å²) in [6.45, 7) is 14.1. The zero-order valence-electron chi connectivity index (χ0n) is 20.3. The van der Waals surface area contributed by atoms with Crippen LogP contribution in [0.3, 0.4) is 0 Å². The molecule has 0 spiro atoms. The van der Waals surface area contributed by atoms with Gasteiger partial charge in [-0.05, 0) is 85.3 Å². The fourth-order valence-electron chi connectivity index (χ4n) is 3.91. The van der Waals surface area contributed by atoms with E-state index in [9.17, 15) is 0 Å². The van der Waals surface area contributed by atoms with Gasteiger partial charge in [0, 0.05) is 32.8 Å². The molecule has 1 aromatic rings. The molecule has 4 heteroatoms. The van der Waals surface area contributed by atoms with Crippen molar-refractivity contribution in [3.05, 3.63) is 64.2 Å². The predicted octanol–water partition coefficient (Wildman–Crippen LogP) is 7.36. The number of hydrogen-bond donors (Lipinski definition) is 0.